The largest absolute Gasteiger partial charge is 0.326 e. The lowest BCUT2D eigenvalue weighted by Crippen LogP contribution is -2.28. The van der Waals surface area contributed by atoms with Crippen molar-refractivity contribution in [1.29, 1.82) is 5.26 Å². The van der Waals surface area contributed by atoms with Crippen LogP contribution in [0.3, 0.4) is 0 Å². The second-order valence-electron chi connectivity index (χ2n) is 5.44. The van der Waals surface area contributed by atoms with E-state index in [4.69, 9.17) is 5.26 Å². The smallest absolute Gasteiger partial charge is 0.115 e. The Hall–Kier alpha value is -3.06. The Bertz CT molecular complexity index is 815. The van der Waals surface area contributed by atoms with E-state index in [9.17, 15) is 0 Å². The minimum Gasteiger partial charge on any atom is -0.326 e. The van der Waals surface area contributed by atoms with Gasteiger partial charge in [0.1, 0.15) is 5.82 Å². The number of para-hydroxylation sites is 1. The van der Waals surface area contributed by atoms with Crippen molar-refractivity contribution in [3.05, 3.63) is 66.0 Å². The number of fused-ring (bicyclic) bond motifs is 1. The van der Waals surface area contributed by atoms with Gasteiger partial charge in [0.15, 0.2) is 0 Å². The molecule has 0 spiro atoms. The summed E-state index contributed by atoms with van der Waals surface area (Å²) in [7, 11) is 0. The minimum atomic E-state index is 0.683. The molecule has 24 heavy (non-hydrogen) atoms. The molecule has 1 aliphatic heterocycles. The van der Waals surface area contributed by atoms with E-state index in [1.54, 1.807) is 0 Å². The Morgan fingerprint density at radius 2 is 1.71 bits per heavy atom. The van der Waals surface area contributed by atoms with Crippen LogP contribution in [0.5, 0.6) is 0 Å². The molecular weight excluding hydrogens is 296 g/mol. The molecule has 0 N–H and O–H groups in total. The van der Waals surface area contributed by atoms with Crippen LogP contribution in [0.2, 0.25) is 0 Å². The number of hydrogen-bond acceptors (Lipinski definition) is 4. The van der Waals surface area contributed by atoms with Crippen LogP contribution < -0.4 is 9.80 Å². The number of aliphatic imine (C=N–C) groups is 1. The molecule has 0 fully saturated rings. The van der Waals surface area contributed by atoms with Crippen molar-refractivity contribution >= 4 is 23.3 Å². The highest BCUT2D eigenvalue weighted by atomic mass is 15.4. The first-order chi connectivity index (χ1) is 11.8. The predicted octanol–water partition coefficient (Wildman–Crippen LogP) is 4.47. The fourth-order valence-electron chi connectivity index (χ4n) is 2.98. The van der Waals surface area contributed by atoms with Crippen LogP contribution >= 0.6 is 0 Å². The van der Waals surface area contributed by atoms with E-state index in [0.717, 1.165) is 36.0 Å². The number of allylic oxidation sites excluding steroid dienone is 1. The first kappa shape index (κ1) is 15.8. The molecule has 0 saturated carbocycles. The van der Waals surface area contributed by atoms with E-state index >= 15 is 0 Å². The van der Waals surface area contributed by atoms with E-state index in [2.05, 4.69) is 34.7 Å². The second-order valence-corrected chi connectivity index (χ2v) is 5.44. The van der Waals surface area contributed by atoms with Gasteiger partial charge < -0.3 is 9.80 Å². The van der Waals surface area contributed by atoms with E-state index in [1.807, 2.05) is 60.8 Å². The molecule has 0 atom stereocenters. The molecule has 4 nitrogen and oxygen atoms in total. The first-order valence-corrected chi connectivity index (χ1v) is 8.17. The molecule has 0 amide bonds. The summed E-state index contributed by atoms with van der Waals surface area (Å²) in [5, 5.41) is 9.17. The Labute approximate surface area is 143 Å². The fraction of sp³-hybridized carbons (Fsp3) is 0.200. The maximum Gasteiger partial charge on any atom is 0.115 e. The van der Waals surface area contributed by atoms with E-state index < -0.39 is 0 Å². The van der Waals surface area contributed by atoms with E-state index in [-0.39, 0.29) is 0 Å². The SMILES string of the molecule is CCN1C(=CC=Nc2ccccc2)N(CC)c2cc(C#N)ccc21. The van der Waals surface area contributed by atoms with Gasteiger partial charge in [-0.1, -0.05) is 18.2 Å². The van der Waals surface area contributed by atoms with Crippen molar-refractivity contribution < 1.29 is 0 Å². The van der Waals surface area contributed by atoms with Gasteiger partial charge >= 0.3 is 0 Å². The van der Waals surface area contributed by atoms with Crippen molar-refractivity contribution in [2.75, 3.05) is 22.9 Å². The normalized spacial score (nSPS) is 15.1. The zero-order chi connectivity index (χ0) is 16.9. The summed E-state index contributed by atoms with van der Waals surface area (Å²) < 4.78 is 0. The number of benzene rings is 2. The first-order valence-electron chi connectivity index (χ1n) is 8.17. The van der Waals surface area contributed by atoms with Crippen LogP contribution in [0, 0.1) is 11.3 Å². The predicted molar refractivity (Wildman–Crippen MR) is 99.9 cm³/mol. The van der Waals surface area contributed by atoms with Gasteiger partial charge in [-0.05, 0) is 50.3 Å². The van der Waals surface area contributed by atoms with Crippen molar-refractivity contribution in [1.82, 2.24) is 0 Å². The minimum absolute atomic E-state index is 0.683. The Morgan fingerprint density at radius 3 is 2.38 bits per heavy atom. The summed E-state index contributed by atoms with van der Waals surface area (Å²) in [6.45, 7) is 5.94. The molecule has 1 heterocycles. The molecule has 4 heteroatoms. The molecule has 1 aliphatic rings. The highest BCUT2D eigenvalue weighted by Crippen LogP contribution is 2.41. The average Bonchev–Trinajstić information content (AvgIpc) is 2.94. The maximum atomic E-state index is 9.17. The molecular formula is C20H20N4. The van der Waals surface area contributed by atoms with Gasteiger partial charge in [0.05, 0.1) is 28.7 Å². The summed E-state index contributed by atoms with van der Waals surface area (Å²) in [4.78, 5) is 8.96. The van der Waals surface area contributed by atoms with Gasteiger partial charge in [0.2, 0.25) is 0 Å². The molecule has 0 aliphatic carbocycles. The highest BCUT2D eigenvalue weighted by molar-refractivity contribution is 5.87. The van der Waals surface area contributed by atoms with Crippen LogP contribution in [-0.4, -0.2) is 19.3 Å². The van der Waals surface area contributed by atoms with Crippen molar-refractivity contribution in [2.24, 2.45) is 4.99 Å². The van der Waals surface area contributed by atoms with Gasteiger partial charge in [0, 0.05) is 19.3 Å². The van der Waals surface area contributed by atoms with Crippen molar-refractivity contribution in [3.8, 4) is 6.07 Å². The topological polar surface area (TPSA) is 42.6 Å². The highest BCUT2D eigenvalue weighted by Gasteiger charge is 2.29. The van der Waals surface area contributed by atoms with E-state index in [1.165, 1.54) is 0 Å². The Kier molecular flexibility index (Phi) is 4.62. The lowest BCUT2D eigenvalue weighted by molar-refractivity contribution is 0.901. The molecule has 0 aromatic heterocycles. The summed E-state index contributed by atoms with van der Waals surface area (Å²) in [5.41, 5.74) is 3.83. The molecule has 3 rings (SSSR count). The van der Waals surface area contributed by atoms with Crippen LogP contribution in [0.4, 0.5) is 17.1 Å². The Morgan fingerprint density at radius 1 is 1.00 bits per heavy atom. The van der Waals surface area contributed by atoms with Gasteiger partial charge in [-0.25, -0.2) is 0 Å². The number of nitriles is 1. The third-order valence-corrected chi connectivity index (χ3v) is 4.08. The number of anilines is 2. The molecule has 120 valence electrons. The number of rotatable bonds is 4. The molecule has 0 unspecified atom stereocenters. The number of hydrogen-bond donors (Lipinski definition) is 0. The van der Waals surface area contributed by atoms with Crippen LogP contribution in [0.1, 0.15) is 19.4 Å². The summed E-state index contributed by atoms with van der Waals surface area (Å²) in [6.07, 6.45) is 3.87. The monoisotopic (exact) mass is 316 g/mol. The summed E-state index contributed by atoms with van der Waals surface area (Å²) in [5.74, 6) is 1.09. The van der Waals surface area contributed by atoms with Gasteiger partial charge in [-0.15, -0.1) is 0 Å². The lowest BCUT2D eigenvalue weighted by atomic mass is 10.2. The zero-order valence-electron chi connectivity index (χ0n) is 14.0. The third-order valence-electron chi connectivity index (χ3n) is 4.08. The van der Waals surface area contributed by atoms with Crippen LogP contribution in [-0.2, 0) is 0 Å². The Balaban J connectivity index is 1.96. The molecule has 0 saturated heterocycles. The van der Waals surface area contributed by atoms with Gasteiger partial charge in [-0.2, -0.15) is 5.26 Å². The van der Waals surface area contributed by atoms with E-state index in [0.29, 0.717) is 5.56 Å². The lowest BCUT2D eigenvalue weighted by Gasteiger charge is -2.22. The second kappa shape index (κ2) is 7.01. The standard InChI is InChI=1S/C20H20N4/c1-3-23-18-11-10-16(15-21)14-19(18)24(4-2)20(23)12-13-22-17-8-6-5-7-9-17/h5-14H,3-4H2,1-2H3. The maximum absolute atomic E-state index is 9.17. The fourth-order valence-corrected chi connectivity index (χ4v) is 2.98. The van der Waals surface area contributed by atoms with Crippen molar-refractivity contribution in [3.63, 3.8) is 0 Å². The van der Waals surface area contributed by atoms with Crippen LogP contribution in [0.25, 0.3) is 0 Å². The summed E-state index contributed by atoms with van der Waals surface area (Å²) in [6, 6.07) is 18.0. The summed E-state index contributed by atoms with van der Waals surface area (Å²) >= 11 is 0. The molecule has 0 radical (unpaired) electrons. The van der Waals surface area contributed by atoms with Gasteiger partial charge in [0.25, 0.3) is 0 Å². The average molecular weight is 316 g/mol. The molecule has 2 aromatic rings. The van der Waals surface area contributed by atoms with Crippen LogP contribution in [0.15, 0.2) is 65.4 Å². The zero-order valence-corrected chi connectivity index (χ0v) is 14.0. The molecule has 0 bridgehead atoms. The quantitative estimate of drug-likeness (QED) is 0.782. The number of nitrogens with zero attached hydrogens (tertiary/aromatic N) is 4. The third kappa shape index (κ3) is 2.89. The van der Waals surface area contributed by atoms with Crippen molar-refractivity contribution in [2.45, 2.75) is 13.8 Å². The molecule has 2 aromatic carbocycles. The van der Waals surface area contributed by atoms with Gasteiger partial charge in [-0.3, -0.25) is 4.99 Å².